The molecule has 1 N–H and O–H groups in total. The summed E-state index contributed by atoms with van der Waals surface area (Å²) in [7, 11) is -2.96. The molecule has 2 rings (SSSR count). The molecule has 6 heteroatoms. The molecule has 17 heavy (non-hydrogen) atoms. The Kier molecular flexibility index (Phi) is 3.15. The minimum absolute atomic E-state index is 0.0397. The second-order valence-electron chi connectivity index (χ2n) is 4.26. The van der Waals surface area contributed by atoms with Crippen LogP contribution in [0.25, 0.3) is 0 Å². The first-order chi connectivity index (χ1) is 7.96. The van der Waals surface area contributed by atoms with Crippen LogP contribution in [0.15, 0.2) is 18.3 Å². The fraction of sp³-hybridized carbons (Fsp3) is 0.455. The molecule has 1 fully saturated rings. The van der Waals surface area contributed by atoms with Crippen molar-refractivity contribution in [2.75, 3.05) is 11.5 Å². The molecular weight excluding hydrogens is 240 g/mol. The first-order valence-corrected chi connectivity index (χ1v) is 7.22. The maximum Gasteiger partial charge on any atom is 0.253 e. The highest BCUT2D eigenvalue weighted by atomic mass is 32.2. The summed E-state index contributed by atoms with van der Waals surface area (Å²) in [6.45, 7) is 1.84. The number of rotatable bonds is 2. The van der Waals surface area contributed by atoms with Crippen LogP contribution < -0.4 is 5.32 Å². The van der Waals surface area contributed by atoms with Gasteiger partial charge in [-0.25, -0.2) is 8.42 Å². The molecule has 92 valence electrons. The molecule has 1 atom stereocenters. The molecule has 0 aliphatic carbocycles. The fourth-order valence-corrected chi connectivity index (χ4v) is 3.45. The Bertz CT molecular complexity index is 522. The number of pyridine rings is 1. The molecule has 5 nitrogen and oxygen atoms in total. The van der Waals surface area contributed by atoms with E-state index in [-0.39, 0.29) is 23.5 Å². The summed E-state index contributed by atoms with van der Waals surface area (Å²) in [5.41, 5.74) is 1.30. The van der Waals surface area contributed by atoms with Gasteiger partial charge in [-0.3, -0.25) is 9.78 Å². The fourth-order valence-electron chi connectivity index (χ4n) is 1.78. The number of sulfone groups is 1. The van der Waals surface area contributed by atoms with Crippen molar-refractivity contribution in [2.45, 2.75) is 19.4 Å². The SMILES string of the molecule is Cc1ccc(C(=O)NC2CCS(=O)(=O)C2)cn1. The highest BCUT2D eigenvalue weighted by molar-refractivity contribution is 7.91. The summed E-state index contributed by atoms with van der Waals surface area (Å²) in [6.07, 6.45) is 1.99. The maximum absolute atomic E-state index is 11.8. The van der Waals surface area contributed by atoms with E-state index in [0.29, 0.717) is 12.0 Å². The second-order valence-corrected chi connectivity index (χ2v) is 6.49. The van der Waals surface area contributed by atoms with E-state index in [4.69, 9.17) is 0 Å². The van der Waals surface area contributed by atoms with Crippen molar-refractivity contribution in [3.63, 3.8) is 0 Å². The number of carbonyl (C=O) groups excluding carboxylic acids is 1. The Hall–Kier alpha value is -1.43. The Labute approximate surface area is 100 Å². The van der Waals surface area contributed by atoms with Gasteiger partial charge in [0.1, 0.15) is 0 Å². The molecule has 1 aliphatic heterocycles. The number of carbonyl (C=O) groups is 1. The molecule has 1 aromatic heterocycles. The van der Waals surface area contributed by atoms with E-state index < -0.39 is 9.84 Å². The first-order valence-electron chi connectivity index (χ1n) is 5.40. The Morgan fingerprint density at radius 3 is 2.76 bits per heavy atom. The van der Waals surface area contributed by atoms with Gasteiger partial charge in [-0.05, 0) is 25.5 Å². The average molecular weight is 254 g/mol. The molecule has 0 spiro atoms. The predicted molar refractivity (Wildman–Crippen MR) is 63.5 cm³/mol. The summed E-state index contributed by atoms with van der Waals surface area (Å²) in [6, 6.07) is 3.16. The molecule has 0 aromatic carbocycles. The van der Waals surface area contributed by atoms with Gasteiger partial charge < -0.3 is 5.32 Å². The van der Waals surface area contributed by atoms with Crippen molar-refractivity contribution in [3.05, 3.63) is 29.6 Å². The van der Waals surface area contributed by atoms with Gasteiger partial charge in [0.2, 0.25) is 0 Å². The summed E-state index contributed by atoms with van der Waals surface area (Å²) in [4.78, 5) is 15.8. The first kappa shape index (κ1) is 12.0. The zero-order valence-corrected chi connectivity index (χ0v) is 10.3. The summed E-state index contributed by atoms with van der Waals surface area (Å²) >= 11 is 0. The van der Waals surface area contributed by atoms with Crippen LogP contribution in [0.4, 0.5) is 0 Å². The standard InChI is InChI=1S/C11H14N2O3S/c1-8-2-3-9(6-12-8)11(14)13-10-4-5-17(15,16)7-10/h2-3,6,10H,4-5,7H2,1H3,(H,13,14). The lowest BCUT2D eigenvalue weighted by Gasteiger charge is -2.10. The zero-order valence-electron chi connectivity index (χ0n) is 9.51. The summed E-state index contributed by atoms with van der Waals surface area (Å²) in [5, 5.41) is 2.71. The van der Waals surface area contributed by atoms with Crippen molar-refractivity contribution < 1.29 is 13.2 Å². The van der Waals surface area contributed by atoms with E-state index in [1.165, 1.54) is 6.20 Å². The maximum atomic E-state index is 11.8. The van der Waals surface area contributed by atoms with Gasteiger partial charge in [-0.1, -0.05) is 0 Å². The monoisotopic (exact) mass is 254 g/mol. The smallest absolute Gasteiger partial charge is 0.253 e. The molecule has 0 bridgehead atoms. The number of nitrogens with zero attached hydrogens (tertiary/aromatic N) is 1. The van der Waals surface area contributed by atoms with E-state index in [1.54, 1.807) is 12.1 Å². The van der Waals surface area contributed by atoms with Crippen LogP contribution in [0, 0.1) is 6.92 Å². The third kappa shape index (κ3) is 3.03. The van der Waals surface area contributed by atoms with Crippen LogP contribution in [0.2, 0.25) is 0 Å². The van der Waals surface area contributed by atoms with E-state index in [9.17, 15) is 13.2 Å². The topological polar surface area (TPSA) is 76.1 Å². The van der Waals surface area contributed by atoms with Crippen LogP contribution in [0.1, 0.15) is 22.5 Å². The highest BCUT2D eigenvalue weighted by Gasteiger charge is 2.29. The van der Waals surface area contributed by atoms with E-state index in [1.807, 2.05) is 6.92 Å². The highest BCUT2D eigenvalue weighted by Crippen LogP contribution is 2.12. The summed E-state index contributed by atoms with van der Waals surface area (Å²) < 4.78 is 22.5. The number of amides is 1. The number of hydrogen-bond acceptors (Lipinski definition) is 4. The predicted octanol–water partition coefficient (Wildman–Crippen LogP) is 0.307. The number of hydrogen-bond donors (Lipinski definition) is 1. The van der Waals surface area contributed by atoms with Gasteiger partial charge in [0.05, 0.1) is 17.1 Å². The zero-order chi connectivity index (χ0) is 12.5. The molecule has 1 aliphatic rings. The van der Waals surface area contributed by atoms with Gasteiger partial charge in [-0.2, -0.15) is 0 Å². The molecule has 1 amide bonds. The van der Waals surface area contributed by atoms with Crippen molar-refractivity contribution in [1.82, 2.24) is 10.3 Å². The van der Waals surface area contributed by atoms with Crippen LogP contribution in [-0.4, -0.2) is 36.9 Å². The quantitative estimate of drug-likeness (QED) is 0.824. The number of aromatic nitrogens is 1. The Morgan fingerprint density at radius 1 is 1.47 bits per heavy atom. The Morgan fingerprint density at radius 2 is 2.24 bits per heavy atom. The summed E-state index contributed by atoms with van der Waals surface area (Å²) in [5.74, 6) is -0.0677. The lowest BCUT2D eigenvalue weighted by molar-refractivity contribution is 0.0941. The van der Waals surface area contributed by atoms with Gasteiger partial charge in [0, 0.05) is 17.9 Å². The molecule has 1 saturated heterocycles. The average Bonchev–Trinajstić information content (AvgIpc) is 2.59. The molecule has 0 saturated carbocycles. The Balaban J connectivity index is 2.01. The molecule has 0 radical (unpaired) electrons. The van der Waals surface area contributed by atoms with E-state index in [0.717, 1.165) is 5.69 Å². The molecule has 1 aromatic rings. The minimum atomic E-state index is -2.96. The van der Waals surface area contributed by atoms with Crippen molar-refractivity contribution >= 4 is 15.7 Å². The van der Waals surface area contributed by atoms with Gasteiger partial charge >= 0.3 is 0 Å². The van der Waals surface area contributed by atoms with Crippen LogP contribution >= 0.6 is 0 Å². The largest absolute Gasteiger partial charge is 0.348 e. The molecule has 1 unspecified atom stereocenters. The van der Waals surface area contributed by atoms with Crippen LogP contribution in [0.3, 0.4) is 0 Å². The second kappa shape index (κ2) is 4.44. The number of aryl methyl sites for hydroxylation is 1. The van der Waals surface area contributed by atoms with Crippen molar-refractivity contribution in [3.8, 4) is 0 Å². The third-order valence-corrected chi connectivity index (χ3v) is 4.51. The van der Waals surface area contributed by atoms with Crippen molar-refractivity contribution in [2.24, 2.45) is 0 Å². The van der Waals surface area contributed by atoms with E-state index >= 15 is 0 Å². The number of nitrogens with one attached hydrogen (secondary N) is 1. The van der Waals surface area contributed by atoms with Gasteiger partial charge in [-0.15, -0.1) is 0 Å². The van der Waals surface area contributed by atoms with Crippen LogP contribution in [-0.2, 0) is 9.84 Å². The molecule has 2 heterocycles. The normalized spacial score (nSPS) is 22.3. The van der Waals surface area contributed by atoms with Crippen LogP contribution in [0.5, 0.6) is 0 Å². The van der Waals surface area contributed by atoms with Gasteiger partial charge in [0.25, 0.3) is 5.91 Å². The van der Waals surface area contributed by atoms with Crippen molar-refractivity contribution in [1.29, 1.82) is 0 Å². The third-order valence-electron chi connectivity index (χ3n) is 2.74. The lowest BCUT2D eigenvalue weighted by Crippen LogP contribution is -2.35. The lowest BCUT2D eigenvalue weighted by atomic mass is 10.2. The molecular formula is C11H14N2O3S. The minimum Gasteiger partial charge on any atom is -0.348 e. The van der Waals surface area contributed by atoms with E-state index in [2.05, 4.69) is 10.3 Å². The van der Waals surface area contributed by atoms with Gasteiger partial charge in [0.15, 0.2) is 9.84 Å².